The Hall–Kier alpha value is -0.835. The zero-order valence-electron chi connectivity index (χ0n) is 9.22. The standard InChI is InChI=1S/C11H18BNO2/c1-3-11(13)8(2)9-6-4-5-7-10(9)12(14)15/h4-8,11,14-15H,3,13H2,1-2H3. The number of rotatable bonds is 4. The van der Waals surface area contributed by atoms with E-state index in [0.29, 0.717) is 5.46 Å². The van der Waals surface area contributed by atoms with Crippen molar-refractivity contribution in [2.24, 2.45) is 5.73 Å². The summed E-state index contributed by atoms with van der Waals surface area (Å²) in [5.74, 6) is 0.132. The van der Waals surface area contributed by atoms with Crippen molar-refractivity contribution in [1.82, 2.24) is 0 Å². The van der Waals surface area contributed by atoms with E-state index in [2.05, 4.69) is 0 Å². The van der Waals surface area contributed by atoms with Gasteiger partial charge in [-0.05, 0) is 23.4 Å². The first kappa shape index (κ1) is 12.2. The quantitative estimate of drug-likeness (QED) is 0.618. The third-order valence-corrected chi connectivity index (χ3v) is 2.88. The second-order valence-corrected chi connectivity index (χ2v) is 3.86. The maximum atomic E-state index is 9.22. The van der Waals surface area contributed by atoms with E-state index < -0.39 is 7.12 Å². The highest BCUT2D eigenvalue weighted by atomic mass is 16.4. The van der Waals surface area contributed by atoms with Gasteiger partial charge in [0, 0.05) is 6.04 Å². The van der Waals surface area contributed by atoms with E-state index in [0.717, 1.165) is 12.0 Å². The van der Waals surface area contributed by atoms with Crippen molar-refractivity contribution in [3.05, 3.63) is 29.8 Å². The molecule has 0 saturated carbocycles. The lowest BCUT2D eigenvalue weighted by Gasteiger charge is -2.21. The fourth-order valence-corrected chi connectivity index (χ4v) is 1.74. The highest BCUT2D eigenvalue weighted by molar-refractivity contribution is 6.59. The fourth-order valence-electron chi connectivity index (χ4n) is 1.74. The van der Waals surface area contributed by atoms with E-state index >= 15 is 0 Å². The van der Waals surface area contributed by atoms with Gasteiger partial charge in [-0.2, -0.15) is 0 Å². The molecule has 4 heteroatoms. The molecule has 2 unspecified atom stereocenters. The van der Waals surface area contributed by atoms with E-state index in [1.807, 2.05) is 26.0 Å². The molecule has 82 valence electrons. The Morgan fingerprint density at radius 1 is 1.33 bits per heavy atom. The minimum Gasteiger partial charge on any atom is -0.423 e. The van der Waals surface area contributed by atoms with E-state index in [-0.39, 0.29) is 12.0 Å². The van der Waals surface area contributed by atoms with Crippen molar-refractivity contribution in [1.29, 1.82) is 0 Å². The highest BCUT2D eigenvalue weighted by Crippen LogP contribution is 2.18. The summed E-state index contributed by atoms with van der Waals surface area (Å²) in [5.41, 5.74) is 7.42. The molecule has 3 nitrogen and oxygen atoms in total. The van der Waals surface area contributed by atoms with Crippen molar-refractivity contribution < 1.29 is 10.0 Å². The van der Waals surface area contributed by atoms with Crippen LogP contribution in [-0.2, 0) is 0 Å². The van der Waals surface area contributed by atoms with Gasteiger partial charge in [0.1, 0.15) is 0 Å². The van der Waals surface area contributed by atoms with Crippen LogP contribution in [0, 0.1) is 0 Å². The predicted molar refractivity (Wildman–Crippen MR) is 62.9 cm³/mol. The summed E-state index contributed by atoms with van der Waals surface area (Å²) in [5, 5.41) is 18.4. The van der Waals surface area contributed by atoms with Crippen LogP contribution >= 0.6 is 0 Å². The predicted octanol–water partition coefficient (Wildman–Crippen LogP) is 0.207. The summed E-state index contributed by atoms with van der Waals surface area (Å²) in [6.07, 6.45) is 0.872. The van der Waals surface area contributed by atoms with Gasteiger partial charge in [0.05, 0.1) is 0 Å². The van der Waals surface area contributed by atoms with Gasteiger partial charge in [0.15, 0.2) is 0 Å². The Balaban J connectivity index is 3.02. The number of hydrogen-bond acceptors (Lipinski definition) is 3. The number of nitrogens with two attached hydrogens (primary N) is 1. The molecule has 0 fully saturated rings. The summed E-state index contributed by atoms with van der Waals surface area (Å²) >= 11 is 0. The van der Waals surface area contributed by atoms with Crippen molar-refractivity contribution in [3.8, 4) is 0 Å². The molecule has 0 saturated heterocycles. The molecule has 0 aliphatic rings. The van der Waals surface area contributed by atoms with Gasteiger partial charge in [0.25, 0.3) is 0 Å². The molecule has 2 atom stereocenters. The van der Waals surface area contributed by atoms with Gasteiger partial charge in [-0.15, -0.1) is 0 Å². The first-order valence-corrected chi connectivity index (χ1v) is 5.28. The largest absolute Gasteiger partial charge is 0.488 e. The molecular weight excluding hydrogens is 189 g/mol. The van der Waals surface area contributed by atoms with Crippen molar-refractivity contribution >= 4 is 12.6 Å². The molecular formula is C11H18BNO2. The van der Waals surface area contributed by atoms with E-state index in [1.165, 1.54) is 0 Å². The third kappa shape index (κ3) is 2.81. The number of benzene rings is 1. The maximum Gasteiger partial charge on any atom is 0.488 e. The molecule has 0 radical (unpaired) electrons. The third-order valence-electron chi connectivity index (χ3n) is 2.88. The van der Waals surface area contributed by atoms with Gasteiger partial charge in [-0.1, -0.05) is 38.1 Å². The first-order valence-electron chi connectivity index (χ1n) is 5.28. The molecule has 0 aliphatic carbocycles. The van der Waals surface area contributed by atoms with Gasteiger partial charge in [-0.3, -0.25) is 0 Å². The van der Waals surface area contributed by atoms with Crippen LogP contribution in [0.3, 0.4) is 0 Å². The van der Waals surface area contributed by atoms with Gasteiger partial charge in [0.2, 0.25) is 0 Å². The summed E-state index contributed by atoms with van der Waals surface area (Å²) in [4.78, 5) is 0. The van der Waals surface area contributed by atoms with Crippen molar-refractivity contribution in [2.75, 3.05) is 0 Å². The molecule has 0 spiro atoms. The summed E-state index contributed by atoms with van der Waals surface area (Å²) in [7, 11) is -1.42. The molecule has 0 aliphatic heterocycles. The van der Waals surface area contributed by atoms with Crippen LogP contribution in [0.4, 0.5) is 0 Å². The lowest BCUT2D eigenvalue weighted by Crippen LogP contribution is -2.37. The maximum absolute atomic E-state index is 9.22. The van der Waals surface area contributed by atoms with Gasteiger partial charge in [-0.25, -0.2) is 0 Å². The Morgan fingerprint density at radius 2 is 1.93 bits per heavy atom. The fraction of sp³-hybridized carbons (Fsp3) is 0.455. The summed E-state index contributed by atoms with van der Waals surface area (Å²) < 4.78 is 0. The molecule has 0 bridgehead atoms. The van der Waals surface area contributed by atoms with Crippen LogP contribution in [0.2, 0.25) is 0 Å². The molecule has 0 aromatic heterocycles. The normalized spacial score (nSPS) is 14.7. The lowest BCUT2D eigenvalue weighted by molar-refractivity contribution is 0.424. The molecule has 0 heterocycles. The molecule has 4 N–H and O–H groups in total. The first-order chi connectivity index (χ1) is 7.07. The van der Waals surface area contributed by atoms with Crippen molar-refractivity contribution in [2.45, 2.75) is 32.2 Å². The topological polar surface area (TPSA) is 66.5 Å². The minimum absolute atomic E-state index is 0.0462. The molecule has 1 aromatic rings. The molecule has 1 rings (SSSR count). The van der Waals surface area contributed by atoms with Crippen LogP contribution in [0.1, 0.15) is 31.7 Å². The average molecular weight is 207 g/mol. The Bertz CT molecular complexity index is 317. The van der Waals surface area contributed by atoms with Crippen molar-refractivity contribution in [3.63, 3.8) is 0 Å². The Labute approximate surface area is 91.1 Å². The van der Waals surface area contributed by atoms with Crippen LogP contribution in [0.25, 0.3) is 0 Å². The minimum atomic E-state index is -1.42. The van der Waals surface area contributed by atoms with Gasteiger partial charge < -0.3 is 15.8 Å². The average Bonchev–Trinajstić information content (AvgIpc) is 2.27. The smallest absolute Gasteiger partial charge is 0.423 e. The second-order valence-electron chi connectivity index (χ2n) is 3.86. The Kier molecular flexibility index (Phi) is 4.33. The zero-order chi connectivity index (χ0) is 11.4. The van der Waals surface area contributed by atoms with Crippen LogP contribution in [0.15, 0.2) is 24.3 Å². The number of hydrogen-bond donors (Lipinski definition) is 3. The lowest BCUT2D eigenvalue weighted by atomic mass is 9.73. The summed E-state index contributed by atoms with van der Waals surface area (Å²) in [6.45, 7) is 4.04. The zero-order valence-corrected chi connectivity index (χ0v) is 9.22. The monoisotopic (exact) mass is 207 g/mol. The van der Waals surface area contributed by atoms with Crippen LogP contribution in [-0.4, -0.2) is 23.2 Å². The Morgan fingerprint density at radius 3 is 2.47 bits per heavy atom. The molecule has 15 heavy (non-hydrogen) atoms. The molecule has 0 amide bonds. The molecule has 1 aromatic carbocycles. The van der Waals surface area contributed by atoms with E-state index in [4.69, 9.17) is 5.73 Å². The highest BCUT2D eigenvalue weighted by Gasteiger charge is 2.21. The SMILES string of the molecule is CCC(N)C(C)c1ccccc1B(O)O. The summed E-state index contributed by atoms with van der Waals surface area (Å²) in [6, 6.07) is 7.35. The van der Waals surface area contributed by atoms with E-state index in [1.54, 1.807) is 12.1 Å². The second kappa shape index (κ2) is 5.30. The van der Waals surface area contributed by atoms with Crippen LogP contribution < -0.4 is 11.2 Å². The van der Waals surface area contributed by atoms with Crippen LogP contribution in [0.5, 0.6) is 0 Å². The van der Waals surface area contributed by atoms with E-state index in [9.17, 15) is 10.0 Å². The van der Waals surface area contributed by atoms with Gasteiger partial charge >= 0.3 is 7.12 Å².